The van der Waals surface area contributed by atoms with Crippen LogP contribution < -0.4 is 9.88 Å². The molecule has 0 saturated carbocycles. The van der Waals surface area contributed by atoms with Gasteiger partial charge in [0.2, 0.25) is 14.8 Å². The van der Waals surface area contributed by atoms with Crippen LogP contribution in [0.1, 0.15) is 31.5 Å². The van der Waals surface area contributed by atoms with Gasteiger partial charge in [-0.1, -0.05) is 19.1 Å². The molecule has 2 N–H and O–H groups in total. The third-order valence-corrected chi connectivity index (χ3v) is 7.25. The van der Waals surface area contributed by atoms with E-state index in [-0.39, 0.29) is 17.8 Å². The van der Waals surface area contributed by atoms with Crippen LogP contribution in [-0.4, -0.2) is 41.8 Å². The number of aromatic nitrogens is 2. The maximum atomic E-state index is 13.5. The monoisotopic (exact) mass is 539 g/mol. The number of ketones is 1. The smallest absolute Gasteiger partial charge is 0.435 e. The molecule has 0 saturated heterocycles. The van der Waals surface area contributed by atoms with E-state index >= 15 is 0 Å². The van der Waals surface area contributed by atoms with E-state index in [1.807, 2.05) is 0 Å². The van der Waals surface area contributed by atoms with Crippen molar-refractivity contribution in [3.8, 4) is 22.7 Å². The van der Waals surface area contributed by atoms with Crippen LogP contribution in [-0.2, 0) is 37.1 Å². The number of Topliss-reactive ketones (excluding diaryl/α,β-unsaturated/α-hetero) is 1. The Morgan fingerprint density at radius 2 is 1.73 bits per heavy atom. The summed E-state index contributed by atoms with van der Waals surface area (Å²) in [6, 6.07) is 13.2. The fourth-order valence-corrected chi connectivity index (χ4v) is 4.23. The highest BCUT2D eigenvalue weighted by atomic mass is 32.2. The summed E-state index contributed by atoms with van der Waals surface area (Å²) < 4.78 is 73.1. The number of sulfonamides is 1. The van der Waals surface area contributed by atoms with E-state index < -0.39 is 45.0 Å². The molecule has 0 amide bonds. The summed E-state index contributed by atoms with van der Waals surface area (Å²) in [4.78, 5) is 24.8. The highest BCUT2D eigenvalue weighted by Gasteiger charge is 2.51. The van der Waals surface area contributed by atoms with E-state index in [1.54, 1.807) is 24.3 Å². The van der Waals surface area contributed by atoms with Crippen molar-refractivity contribution in [1.82, 2.24) is 9.78 Å². The van der Waals surface area contributed by atoms with Crippen LogP contribution >= 0.6 is 0 Å². The van der Waals surface area contributed by atoms with Crippen molar-refractivity contribution in [2.75, 3.05) is 7.11 Å². The van der Waals surface area contributed by atoms with Crippen LogP contribution in [0, 0.1) is 0 Å². The van der Waals surface area contributed by atoms with Crippen molar-refractivity contribution in [3.63, 3.8) is 0 Å². The first-order chi connectivity index (χ1) is 17.2. The molecule has 0 aliphatic heterocycles. The van der Waals surface area contributed by atoms with Crippen LogP contribution in [0.5, 0.6) is 5.75 Å². The predicted molar refractivity (Wildman–Crippen MR) is 127 cm³/mol. The number of carbonyl (C=O) groups is 2. The summed E-state index contributed by atoms with van der Waals surface area (Å²) in [6.45, 7) is 1.78. The molecule has 1 unspecified atom stereocenters. The Bertz CT molecular complexity index is 1420. The maximum absolute atomic E-state index is 13.5. The molecule has 2 aromatic carbocycles. The fraction of sp³-hybridized carbons (Fsp3) is 0.292. The van der Waals surface area contributed by atoms with Crippen LogP contribution in [0.2, 0.25) is 0 Å². The predicted octanol–water partition coefficient (Wildman–Crippen LogP) is 3.64. The first-order valence-electron chi connectivity index (χ1n) is 10.9. The molecular weight excluding hydrogens is 515 g/mol. The number of primary sulfonamides is 1. The van der Waals surface area contributed by atoms with Crippen LogP contribution in [0.25, 0.3) is 16.9 Å². The average Bonchev–Trinajstić information content (AvgIpc) is 3.32. The lowest BCUT2D eigenvalue weighted by atomic mass is 10.0. The largest absolute Gasteiger partial charge is 0.497 e. The third-order valence-electron chi connectivity index (χ3n) is 5.72. The summed E-state index contributed by atoms with van der Waals surface area (Å²) in [5, 5.41) is 8.85. The Labute approximate surface area is 211 Å². The minimum absolute atomic E-state index is 0.138. The molecule has 198 valence electrons. The number of rotatable bonds is 9. The number of nitrogens with two attached hydrogens (primary N) is 1. The number of nitrogens with zero attached hydrogens (tertiary/aromatic N) is 2. The van der Waals surface area contributed by atoms with E-state index in [0.717, 1.165) is 17.7 Å². The molecule has 3 aromatic rings. The molecule has 0 aliphatic rings. The van der Waals surface area contributed by atoms with Gasteiger partial charge in [-0.15, -0.1) is 0 Å². The Kier molecular flexibility index (Phi) is 7.79. The third kappa shape index (κ3) is 5.67. The summed E-state index contributed by atoms with van der Waals surface area (Å²) in [6.07, 6.45) is -4.98. The standard InChI is InChI=1S/C24H24F3N3O6S/c1-4-21(31)23(2,37(28,33)34)22(32)36-14-15-6-5-7-17(12-15)30-19(13-20(29-30)24(25,26)27)16-8-10-18(35-3)11-9-16/h5-13H,4,14H2,1-3H3,(H2,28,33,34). The lowest BCUT2D eigenvalue weighted by molar-refractivity contribution is -0.150. The second-order valence-electron chi connectivity index (χ2n) is 8.15. The van der Waals surface area contributed by atoms with Crippen molar-refractivity contribution in [2.24, 2.45) is 5.14 Å². The fourth-order valence-electron chi connectivity index (χ4n) is 3.47. The average molecular weight is 540 g/mol. The number of hydrogen-bond acceptors (Lipinski definition) is 7. The topological polar surface area (TPSA) is 131 Å². The Balaban J connectivity index is 1.97. The van der Waals surface area contributed by atoms with Gasteiger partial charge in [-0.2, -0.15) is 18.3 Å². The zero-order valence-corrected chi connectivity index (χ0v) is 20.9. The molecule has 9 nitrogen and oxygen atoms in total. The Hall–Kier alpha value is -3.71. The van der Waals surface area contributed by atoms with Crippen molar-refractivity contribution < 1.29 is 40.7 Å². The number of halogens is 3. The van der Waals surface area contributed by atoms with Crippen LogP contribution in [0.4, 0.5) is 13.2 Å². The van der Waals surface area contributed by atoms with E-state index in [1.165, 1.54) is 38.3 Å². The summed E-state index contributed by atoms with van der Waals surface area (Å²) >= 11 is 0. The van der Waals surface area contributed by atoms with Gasteiger partial charge in [0, 0.05) is 12.0 Å². The van der Waals surface area contributed by atoms with Crippen LogP contribution in [0.15, 0.2) is 54.6 Å². The first kappa shape index (κ1) is 27.9. The molecule has 3 rings (SSSR count). The minimum atomic E-state index is -4.70. The number of hydrogen-bond donors (Lipinski definition) is 1. The van der Waals surface area contributed by atoms with Gasteiger partial charge in [-0.05, 0) is 55.0 Å². The molecule has 0 spiro atoms. The van der Waals surface area contributed by atoms with E-state index in [0.29, 0.717) is 16.9 Å². The van der Waals surface area contributed by atoms with Gasteiger partial charge in [0.05, 0.1) is 18.5 Å². The molecule has 1 heterocycles. The van der Waals surface area contributed by atoms with Gasteiger partial charge in [0.1, 0.15) is 12.4 Å². The molecule has 0 fully saturated rings. The molecule has 0 radical (unpaired) electrons. The van der Waals surface area contributed by atoms with Crippen molar-refractivity contribution in [1.29, 1.82) is 0 Å². The first-order valence-corrected chi connectivity index (χ1v) is 12.4. The Morgan fingerprint density at radius 3 is 2.27 bits per heavy atom. The summed E-state index contributed by atoms with van der Waals surface area (Å²) in [5.74, 6) is -1.78. The van der Waals surface area contributed by atoms with E-state index in [4.69, 9.17) is 14.6 Å². The van der Waals surface area contributed by atoms with E-state index in [9.17, 15) is 31.2 Å². The van der Waals surface area contributed by atoms with Gasteiger partial charge in [0.15, 0.2) is 11.5 Å². The number of alkyl halides is 3. The number of methoxy groups -OCH3 is 1. The highest BCUT2D eigenvalue weighted by molar-refractivity contribution is 7.92. The SMILES string of the molecule is CCC(=O)C(C)(C(=O)OCc1cccc(-n2nc(C(F)(F)F)cc2-c2ccc(OC)cc2)c1)S(N)(=O)=O. The van der Waals surface area contributed by atoms with Crippen molar-refractivity contribution in [2.45, 2.75) is 37.8 Å². The summed E-state index contributed by atoms with van der Waals surface area (Å²) in [7, 11) is -3.18. The number of benzene rings is 2. The minimum Gasteiger partial charge on any atom is -0.497 e. The molecule has 1 atom stereocenters. The van der Waals surface area contributed by atoms with Gasteiger partial charge in [0.25, 0.3) is 0 Å². The van der Waals surface area contributed by atoms with Gasteiger partial charge < -0.3 is 9.47 Å². The molecule has 37 heavy (non-hydrogen) atoms. The normalized spacial score (nSPS) is 13.6. The highest BCUT2D eigenvalue weighted by Crippen LogP contribution is 2.34. The van der Waals surface area contributed by atoms with Gasteiger partial charge in [-0.3, -0.25) is 4.79 Å². The lowest BCUT2D eigenvalue weighted by Crippen LogP contribution is -2.54. The van der Waals surface area contributed by atoms with Gasteiger partial charge >= 0.3 is 12.1 Å². The second-order valence-corrected chi connectivity index (χ2v) is 10.1. The zero-order valence-electron chi connectivity index (χ0n) is 20.1. The molecular formula is C24H24F3N3O6S. The second kappa shape index (κ2) is 10.3. The van der Waals surface area contributed by atoms with Crippen LogP contribution in [0.3, 0.4) is 0 Å². The van der Waals surface area contributed by atoms with E-state index in [2.05, 4.69) is 5.10 Å². The number of ether oxygens (including phenoxy) is 2. The zero-order chi connectivity index (χ0) is 27.6. The molecule has 1 aromatic heterocycles. The Morgan fingerprint density at radius 1 is 1.08 bits per heavy atom. The van der Waals surface area contributed by atoms with Crippen molar-refractivity contribution in [3.05, 3.63) is 65.9 Å². The summed E-state index contributed by atoms with van der Waals surface area (Å²) in [5.41, 5.74) is -0.0238. The quantitative estimate of drug-likeness (QED) is 0.325. The molecule has 13 heteroatoms. The lowest BCUT2D eigenvalue weighted by Gasteiger charge is -2.23. The molecule has 0 aliphatic carbocycles. The molecule has 0 bridgehead atoms. The number of carbonyl (C=O) groups excluding carboxylic acids is 2. The van der Waals surface area contributed by atoms with Crippen molar-refractivity contribution >= 4 is 21.8 Å². The van der Waals surface area contributed by atoms with Gasteiger partial charge in [-0.25, -0.2) is 23.0 Å². The number of esters is 1. The maximum Gasteiger partial charge on any atom is 0.435 e.